The molecule has 2 N–H and O–H groups in total. The van der Waals surface area contributed by atoms with Gasteiger partial charge in [-0.2, -0.15) is 11.8 Å². The summed E-state index contributed by atoms with van der Waals surface area (Å²) in [7, 11) is 1.98. The van der Waals surface area contributed by atoms with E-state index in [4.69, 9.17) is 4.74 Å². The number of carboxylic acid groups (broad SMARTS) is 1. The van der Waals surface area contributed by atoms with Crippen LogP contribution < -0.4 is 5.32 Å². The number of carboxylic acids is 1. The van der Waals surface area contributed by atoms with Crippen LogP contribution in [0.2, 0.25) is 0 Å². The second-order valence-corrected chi connectivity index (χ2v) is 7.62. The van der Waals surface area contributed by atoms with Gasteiger partial charge < -0.3 is 25.0 Å². The lowest BCUT2D eigenvalue weighted by atomic mass is 10.1. The highest BCUT2D eigenvalue weighted by Crippen LogP contribution is 2.11. The van der Waals surface area contributed by atoms with Gasteiger partial charge in [0, 0.05) is 38.4 Å². The van der Waals surface area contributed by atoms with Crippen LogP contribution in [0.1, 0.15) is 5.56 Å². The maximum absolute atomic E-state index is 12.7. The van der Waals surface area contributed by atoms with E-state index in [1.54, 1.807) is 11.2 Å². The van der Waals surface area contributed by atoms with Crippen LogP contribution >= 0.6 is 11.8 Å². The van der Waals surface area contributed by atoms with Gasteiger partial charge in [-0.15, -0.1) is 0 Å². The SMILES string of the molecule is CSC[C@@H](NC(=O)C(Cc1ccccc1)OC(=O)N1CCN(C)CC1)C(=O)O. The number of hydrogen-bond donors (Lipinski definition) is 2. The number of hydrogen-bond acceptors (Lipinski definition) is 6. The Morgan fingerprint density at radius 3 is 2.39 bits per heavy atom. The highest BCUT2D eigenvalue weighted by molar-refractivity contribution is 7.98. The largest absolute Gasteiger partial charge is 0.480 e. The molecule has 0 aliphatic carbocycles. The van der Waals surface area contributed by atoms with Crippen molar-refractivity contribution < 1.29 is 24.2 Å². The van der Waals surface area contributed by atoms with Crippen molar-refractivity contribution >= 4 is 29.7 Å². The molecule has 1 aromatic carbocycles. The number of likely N-dealkylation sites (N-methyl/N-ethyl adjacent to an activating group) is 1. The molecule has 1 heterocycles. The molecule has 8 nitrogen and oxygen atoms in total. The Balaban J connectivity index is 2.08. The molecule has 2 atom stereocenters. The molecule has 0 aromatic heterocycles. The molecule has 0 spiro atoms. The van der Waals surface area contributed by atoms with Crippen LogP contribution in [0, 0.1) is 0 Å². The van der Waals surface area contributed by atoms with Crippen molar-refractivity contribution in [1.29, 1.82) is 0 Å². The summed E-state index contributed by atoms with van der Waals surface area (Å²) < 4.78 is 5.51. The van der Waals surface area contributed by atoms with Crippen LogP contribution in [-0.4, -0.2) is 90.3 Å². The van der Waals surface area contributed by atoms with E-state index in [1.165, 1.54) is 11.8 Å². The summed E-state index contributed by atoms with van der Waals surface area (Å²) in [5, 5.41) is 11.8. The predicted octanol–water partition coefficient (Wildman–Crippen LogP) is 0.914. The number of ether oxygens (including phenoxy) is 1. The topological polar surface area (TPSA) is 99.2 Å². The van der Waals surface area contributed by atoms with E-state index in [-0.39, 0.29) is 12.2 Å². The number of rotatable bonds is 8. The second-order valence-electron chi connectivity index (χ2n) is 6.71. The average Bonchev–Trinajstić information content (AvgIpc) is 2.68. The molecule has 154 valence electrons. The minimum atomic E-state index is -1.12. The van der Waals surface area contributed by atoms with Crippen LogP contribution in [0.5, 0.6) is 0 Å². The summed E-state index contributed by atoms with van der Waals surface area (Å²) >= 11 is 1.32. The fourth-order valence-corrected chi connectivity index (χ4v) is 3.37. The molecule has 28 heavy (non-hydrogen) atoms. The maximum Gasteiger partial charge on any atom is 0.410 e. The van der Waals surface area contributed by atoms with Crippen LogP contribution in [-0.2, 0) is 20.7 Å². The fourth-order valence-electron chi connectivity index (χ4n) is 2.81. The maximum atomic E-state index is 12.7. The smallest absolute Gasteiger partial charge is 0.410 e. The van der Waals surface area contributed by atoms with E-state index in [2.05, 4.69) is 10.2 Å². The molecule has 0 radical (unpaired) electrons. The third-order valence-corrected chi connectivity index (χ3v) is 5.18. The van der Waals surface area contributed by atoms with Gasteiger partial charge in [0.25, 0.3) is 5.91 Å². The first kappa shape index (κ1) is 22.0. The Morgan fingerprint density at radius 1 is 1.18 bits per heavy atom. The summed E-state index contributed by atoms with van der Waals surface area (Å²) in [6, 6.07) is 8.15. The fraction of sp³-hybridized carbons (Fsp3) is 0.526. The zero-order valence-corrected chi connectivity index (χ0v) is 17.0. The average molecular weight is 410 g/mol. The number of nitrogens with zero attached hydrogens (tertiary/aromatic N) is 2. The van der Waals surface area contributed by atoms with Crippen molar-refractivity contribution in [3.8, 4) is 0 Å². The lowest BCUT2D eigenvalue weighted by Crippen LogP contribution is -2.51. The van der Waals surface area contributed by atoms with E-state index in [0.29, 0.717) is 13.1 Å². The van der Waals surface area contributed by atoms with Gasteiger partial charge in [-0.3, -0.25) is 4.79 Å². The van der Waals surface area contributed by atoms with Gasteiger partial charge in [0.15, 0.2) is 6.10 Å². The number of amides is 2. The van der Waals surface area contributed by atoms with Crippen LogP contribution in [0.4, 0.5) is 4.79 Å². The molecule has 1 fully saturated rings. The van der Waals surface area contributed by atoms with Gasteiger partial charge in [-0.25, -0.2) is 9.59 Å². The van der Waals surface area contributed by atoms with Crippen LogP contribution in [0.3, 0.4) is 0 Å². The Hall–Kier alpha value is -2.26. The van der Waals surface area contributed by atoms with Gasteiger partial charge in [0.05, 0.1) is 0 Å². The Labute approximate surface area is 169 Å². The highest BCUT2D eigenvalue weighted by atomic mass is 32.2. The van der Waals surface area contributed by atoms with Crippen molar-refractivity contribution in [1.82, 2.24) is 15.1 Å². The first-order valence-corrected chi connectivity index (χ1v) is 10.5. The van der Waals surface area contributed by atoms with Gasteiger partial charge in [0.2, 0.25) is 0 Å². The van der Waals surface area contributed by atoms with Gasteiger partial charge >= 0.3 is 12.1 Å². The van der Waals surface area contributed by atoms with Gasteiger partial charge in [-0.1, -0.05) is 30.3 Å². The van der Waals surface area contributed by atoms with Crippen LogP contribution in [0.15, 0.2) is 30.3 Å². The molecule has 0 saturated carbocycles. The van der Waals surface area contributed by atoms with E-state index in [0.717, 1.165) is 18.7 Å². The molecule has 2 rings (SSSR count). The molecule has 0 bridgehead atoms. The molecule has 1 aliphatic heterocycles. The number of benzene rings is 1. The van der Waals surface area contributed by atoms with Gasteiger partial charge in [0.1, 0.15) is 6.04 Å². The summed E-state index contributed by atoms with van der Waals surface area (Å²) in [5.41, 5.74) is 0.825. The Bertz CT molecular complexity index is 665. The summed E-state index contributed by atoms with van der Waals surface area (Å²) in [5.74, 6) is -1.50. The molecule has 9 heteroatoms. The molecule has 1 aromatic rings. The lowest BCUT2D eigenvalue weighted by Gasteiger charge is -2.32. The van der Waals surface area contributed by atoms with Crippen molar-refractivity contribution in [2.45, 2.75) is 18.6 Å². The zero-order chi connectivity index (χ0) is 20.5. The molecule has 2 amide bonds. The standard InChI is InChI=1S/C19H27N3O5S/c1-21-8-10-22(11-9-21)19(26)27-16(12-14-6-4-3-5-7-14)17(23)20-15(13-28-2)18(24)25/h3-7,15-16H,8-13H2,1-2H3,(H,20,23)(H,24,25)/t15-,16?/m1/s1. The van der Waals surface area contributed by atoms with Gasteiger partial charge in [-0.05, 0) is 18.9 Å². The monoisotopic (exact) mass is 409 g/mol. The first-order valence-electron chi connectivity index (χ1n) is 9.11. The Morgan fingerprint density at radius 2 is 1.82 bits per heavy atom. The lowest BCUT2D eigenvalue weighted by molar-refractivity contribution is -0.142. The molecular weight excluding hydrogens is 382 g/mol. The Kier molecular flexibility index (Phi) is 8.59. The van der Waals surface area contributed by atoms with E-state index < -0.39 is 30.1 Å². The van der Waals surface area contributed by atoms with E-state index in [1.807, 2.05) is 37.4 Å². The zero-order valence-electron chi connectivity index (χ0n) is 16.2. The molecular formula is C19H27N3O5S. The number of carbonyl (C=O) groups is 3. The van der Waals surface area contributed by atoms with E-state index >= 15 is 0 Å². The predicted molar refractivity (Wildman–Crippen MR) is 107 cm³/mol. The second kappa shape index (κ2) is 10.9. The normalized spacial score (nSPS) is 16.9. The minimum Gasteiger partial charge on any atom is -0.480 e. The summed E-state index contributed by atoms with van der Waals surface area (Å²) in [6.07, 6.45) is 0.286. The summed E-state index contributed by atoms with van der Waals surface area (Å²) in [4.78, 5) is 40.3. The number of aliphatic carboxylic acids is 1. The highest BCUT2D eigenvalue weighted by Gasteiger charge is 2.30. The number of carbonyl (C=O) groups excluding carboxylic acids is 2. The van der Waals surface area contributed by atoms with Crippen molar-refractivity contribution in [2.24, 2.45) is 0 Å². The quantitative estimate of drug-likeness (QED) is 0.658. The molecule has 1 saturated heterocycles. The third-order valence-electron chi connectivity index (χ3n) is 4.51. The molecule has 1 unspecified atom stereocenters. The van der Waals surface area contributed by atoms with Crippen molar-refractivity contribution in [3.63, 3.8) is 0 Å². The summed E-state index contributed by atoms with van der Waals surface area (Å²) in [6.45, 7) is 2.53. The number of piperazine rings is 1. The van der Waals surface area contributed by atoms with Crippen molar-refractivity contribution in [2.75, 3.05) is 45.2 Å². The van der Waals surface area contributed by atoms with Crippen molar-refractivity contribution in [3.05, 3.63) is 35.9 Å². The van der Waals surface area contributed by atoms with Crippen LogP contribution in [0.25, 0.3) is 0 Å². The third kappa shape index (κ3) is 6.72. The number of nitrogens with one attached hydrogen (secondary N) is 1. The van der Waals surface area contributed by atoms with E-state index in [9.17, 15) is 19.5 Å². The number of thioether (sulfide) groups is 1. The molecule has 1 aliphatic rings. The first-order chi connectivity index (χ1) is 13.4. The minimum absolute atomic E-state index is 0.178.